The second-order valence-electron chi connectivity index (χ2n) is 2.01. The van der Waals surface area contributed by atoms with E-state index in [9.17, 15) is 0 Å². The summed E-state index contributed by atoms with van der Waals surface area (Å²) in [6.07, 6.45) is 5.08. The first-order valence-electron chi connectivity index (χ1n) is 2.73. The molecule has 1 fully saturated rings. The minimum absolute atomic E-state index is 0.569. The SMILES string of the molecule is OSC1CCCC1. The van der Waals surface area contributed by atoms with Crippen LogP contribution in [0.3, 0.4) is 0 Å². The fourth-order valence-electron chi connectivity index (χ4n) is 0.994. The molecule has 0 aromatic rings. The molecular weight excluding hydrogens is 108 g/mol. The van der Waals surface area contributed by atoms with Crippen LogP contribution in [0.4, 0.5) is 0 Å². The first-order valence-corrected chi connectivity index (χ1v) is 3.57. The van der Waals surface area contributed by atoms with Crippen molar-refractivity contribution in [2.75, 3.05) is 0 Å². The molecule has 0 aromatic carbocycles. The summed E-state index contributed by atoms with van der Waals surface area (Å²) in [7, 11) is 0. The van der Waals surface area contributed by atoms with E-state index in [1.54, 1.807) is 0 Å². The van der Waals surface area contributed by atoms with Crippen LogP contribution in [0, 0.1) is 0 Å². The van der Waals surface area contributed by atoms with Gasteiger partial charge in [-0.3, -0.25) is 0 Å². The second-order valence-corrected chi connectivity index (χ2v) is 2.89. The predicted octanol–water partition coefficient (Wildman–Crippen LogP) is 2.14. The molecule has 1 N–H and O–H groups in total. The maximum absolute atomic E-state index is 8.48. The molecule has 1 aliphatic rings. The molecule has 0 saturated heterocycles. The molecule has 42 valence electrons. The largest absolute Gasteiger partial charge is 0.330 e. The van der Waals surface area contributed by atoms with Crippen molar-refractivity contribution in [3.8, 4) is 0 Å². The van der Waals surface area contributed by atoms with Gasteiger partial charge in [-0.1, -0.05) is 12.8 Å². The van der Waals surface area contributed by atoms with Crippen LogP contribution in [0.2, 0.25) is 0 Å². The van der Waals surface area contributed by atoms with Gasteiger partial charge < -0.3 is 4.55 Å². The van der Waals surface area contributed by atoms with E-state index in [4.69, 9.17) is 4.55 Å². The van der Waals surface area contributed by atoms with Crippen molar-refractivity contribution in [1.29, 1.82) is 0 Å². The van der Waals surface area contributed by atoms with Gasteiger partial charge in [-0.25, -0.2) is 0 Å². The highest BCUT2D eigenvalue weighted by Gasteiger charge is 2.13. The van der Waals surface area contributed by atoms with Crippen LogP contribution in [-0.2, 0) is 0 Å². The Morgan fingerprint density at radius 2 is 1.86 bits per heavy atom. The van der Waals surface area contributed by atoms with E-state index in [0.29, 0.717) is 5.25 Å². The molecule has 0 unspecified atom stereocenters. The second kappa shape index (κ2) is 2.58. The fraction of sp³-hybridized carbons (Fsp3) is 1.00. The third-order valence-electron chi connectivity index (χ3n) is 1.45. The molecule has 7 heavy (non-hydrogen) atoms. The van der Waals surface area contributed by atoms with Gasteiger partial charge in [0.05, 0.1) is 0 Å². The van der Waals surface area contributed by atoms with E-state index in [1.807, 2.05) is 0 Å². The normalized spacial score (nSPS) is 23.6. The summed E-state index contributed by atoms with van der Waals surface area (Å²) in [4.78, 5) is 0. The molecule has 1 saturated carbocycles. The van der Waals surface area contributed by atoms with Gasteiger partial charge in [-0.05, 0) is 24.9 Å². The molecule has 0 bridgehead atoms. The Hall–Kier alpha value is 0.310. The Morgan fingerprint density at radius 3 is 2.14 bits per heavy atom. The van der Waals surface area contributed by atoms with Crippen LogP contribution >= 0.6 is 12.0 Å². The van der Waals surface area contributed by atoms with Gasteiger partial charge in [-0.15, -0.1) is 0 Å². The lowest BCUT2D eigenvalue weighted by Crippen LogP contribution is -1.89. The van der Waals surface area contributed by atoms with Crippen molar-refractivity contribution in [2.45, 2.75) is 30.9 Å². The van der Waals surface area contributed by atoms with E-state index in [1.165, 1.54) is 25.7 Å². The van der Waals surface area contributed by atoms with Gasteiger partial charge in [0, 0.05) is 5.25 Å². The average Bonchev–Trinajstić information content (AvgIpc) is 2.14. The molecule has 1 nitrogen and oxygen atoms in total. The highest BCUT2D eigenvalue weighted by Crippen LogP contribution is 2.26. The van der Waals surface area contributed by atoms with Crippen molar-refractivity contribution in [1.82, 2.24) is 0 Å². The van der Waals surface area contributed by atoms with E-state index in [0.717, 1.165) is 12.0 Å². The van der Waals surface area contributed by atoms with Crippen LogP contribution in [0.5, 0.6) is 0 Å². The van der Waals surface area contributed by atoms with Gasteiger partial charge >= 0.3 is 0 Å². The third kappa shape index (κ3) is 1.35. The molecule has 0 atom stereocenters. The monoisotopic (exact) mass is 118 g/mol. The maximum Gasteiger partial charge on any atom is 0.0308 e. The van der Waals surface area contributed by atoms with Crippen molar-refractivity contribution in [3.05, 3.63) is 0 Å². The van der Waals surface area contributed by atoms with Crippen LogP contribution in [0.1, 0.15) is 25.7 Å². The Morgan fingerprint density at radius 1 is 1.29 bits per heavy atom. The van der Waals surface area contributed by atoms with Gasteiger partial charge in [0.25, 0.3) is 0 Å². The van der Waals surface area contributed by atoms with E-state index in [-0.39, 0.29) is 0 Å². The molecule has 0 radical (unpaired) electrons. The topological polar surface area (TPSA) is 20.2 Å². The van der Waals surface area contributed by atoms with Crippen molar-refractivity contribution >= 4 is 12.0 Å². The molecule has 1 aliphatic carbocycles. The van der Waals surface area contributed by atoms with Gasteiger partial charge in [0.15, 0.2) is 0 Å². The van der Waals surface area contributed by atoms with Crippen LogP contribution in [0.25, 0.3) is 0 Å². The summed E-state index contributed by atoms with van der Waals surface area (Å²) < 4.78 is 8.48. The maximum atomic E-state index is 8.48. The smallest absolute Gasteiger partial charge is 0.0308 e. The molecule has 1 rings (SSSR count). The lowest BCUT2D eigenvalue weighted by molar-refractivity contribution is 0.646. The van der Waals surface area contributed by atoms with Crippen molar-refractivity contribution < 1.29 is 4.55 Å². The molecular formula is C5H10OS. The lowest BCUT2D eigenvalue weighted by atomic mass is 10.4. The Bertz CT molecular complexity index is 50.0. The summed E-state index contributed by atoms with van der Waals surface area (Å²) in [5, 5.41) is 0.569. The third-order valence-corrected chi connectivity index (χ3v) is 2.22. The molecule has 0 heterocycles. The summed E-state index contributed by atoms with van der Waals surface area (Å²) in [5.41, 5.74) is 0. The van der Waals surface area contributed by atoms with Gasteiger partial charge in [0.2, 0.25) is 0 Å². The highest BCUT2D eigenvalue weighted by atomic mass is 32.2. The van der Waals surface area contributed by atoms with Crippen molar-refractivity contribution in [3.63, 3.8) is 0 Å². The zero-order valence-electron chi connectivity index (χ0n) is 4.26. The first kappa shape index (κ1) is 5.45. The highest BCUT2D eigenvalue weighted by molar-refractivity contribution is 7.94. The molecule has 0 aliphatic heterocycles. The molecule has 0 amide bonds. The lowest BCUT2D eigenvalue weighted by Gasteiger charge is -1.97. The van der Waals surface area contributed by atoms with E-state index in [2.05, 4.69) is 0 Å². The minimum Gasteiger partial charge on any atom is -0.330 e. The van der Waals surface area contributed by atoms with Gasteiger partial charge in [0.1, 0.15) is 0 Å². The Kier molecular flexibility index (Phi) is 2.00. The predicted molar refractivity (Wildman–Crippen MR) is 32.5 cm³/mol. The quantitative estimate of drug-likeness (QED) is 0.532. The molecule has 2 heteroatoms. The van der Waals surface area contributed by atoms with Gasteiger partial charge in [-0.2, -0.15) is 0 Å². The number of rotatable bonds is 1. The van der Waals surface area contributed by atoms with E-state index >= 15 is 0 Å². The van der Waals surface area contributed by atoms with Crippen LogP contribution < -0.4 is 0 Å². The summed E-state index contributed by atoms with van der Waals surface area (Å²) in [5.74, 6) is 0. The van der Waals surface area contributed by atoms with Crippen LogP contribution in [-0.4, -0.2) is 9.80 Å². The number of hydrogen-bond donors (Lipinski definition) is 1. The van der Waals surface area contributed by atoms with Crippen molar-refractivity contribution in [2.24, 2.45) is 0 Å². The molecule has 0 aromatic heterocycles. The Balaban J connectivity index is 2.14. The van der Waals surface area contributed by atoms with Crippen LogP contribution in [0.15, 0.2) is 0 Å². The minimum atomic E-state index is 0.569. The first-order chi connectivity index (χ1) is 3.43. The standard InChI is InChI=1S/C5H10OS/c6-7-5-3-1-2-4-5/h5-6H,1-4H2. The zero-order valence-corrected chi connectivity index (χ0v) is 5.08. The Labute approximate surface area is 48.3 Å². The summed E-state index contributed by atoms with van der Waals surface area (Å²) >= 11 is 1.03. The van der Waals surface area contributed by atoms with E-state index < -0.39 is 0 Å². The fourth-order valence-corrected chi connectivity index (χ4v) is 1.54. The summed E-state index contributed by atoms with van der Waals surface area (Å²) in [6.45, 7) is 0. The molecule has 0 spiro atoms. The average molecular weight is 118 g/mol. The zero-order chi connectivity index (χ0) is 5.11. The number of hydrogen-bond acceptors (Lipinski definition) is 2. The summed E-state index contributed by atoms with van der Waals surface area (Å²) in [6, 6.07) is 0.